The van der Waals surface area contributed by atoms with E-state index >= 15 is 0 Å². The normalized spacial score (nSPS) is 19.4. The summed E-state index contributed by atoms with van der Waals surface area (Å²) in [4.78, 5) is 37.2. The van der Waals surface area contributed by atoms with E-state index < -0.39 is 5.54 Å². The Labute approximate surface area is 145 Å². The Bertz CT molecular complexity index is 749. The molecule has 2 fully saturated rings. The Morgan fingerprint density at radius 3 is 2.40 bits per heavy atom. The van der Waals surface area contributed by atoms with Gasteiger partial charge in [-0.3, -0.25) is 14.3 Å². The quantitative estimate of drug-likeness (QED) is 0.814. The SMILES string of the molecule is O=C(c1ccncn1)N1CCC(C(=O)N2CCC2)(n2cccn2)CC1. The summed E-state index contributed by atoms with van der Waals surface area (Å²) in [6, 6.07) is 3.45. The molecule has 0 bridgehead atoms. The summed E-state index contributed by atoms with van der Waals surface area (Å²) < 4.78 is 1.78. The van der Waals surface area contributed by atoms with Crippen LogP contribution >= 0.6 is 0 Å². The second-order valence-electron chi connectivity index (χ2n) is 6.51. The van der Waals surface area contributed by atoms with E-state index in [0.717, 1.165) is 19.5 Å². The fraction of sp³-hybridized carbons (Fsp3) is 0.471. The van der Waals surface area contributed by atoms with E-state index in [1.807, 2.05) is 17.2 Å². The van der Waals surface area contributed by atoms with Gasteiger partial charge in [-0.2, -0.15) is 5.10 Å². The number of likely N-dealkylation sites (tertiary alicyclic amines) is 2. The Morgan fingerprint density at radius 2 is 1.84 bits per heavy atom. The van der Waals surface area contributed by atoms with E-state index in [0.29, 0.717) is 31.6 Å². The van der Waals surface area contributed by atoms with Crippen LogP contribution in [0.2, 0.25) is 0 Å². The lowest BCUT2D eigenvalue weighted by atomic mass is 9.85. The highest BCUT2D eigenvalue weighted by molar-refractivity contribution is 5.92. The van der Waals surface area contributed by atoms with E-state index in [2.05, 4.69) is 15.1 Å². The van der Waals surface area contributed by atoms with Crippen molar-refractivity contribution < 1.29 is 9.59 Å². The molecular weight excluding hydrogens is 320 g/mol. The number of hydrogen-bond donors (Lipinski definition) is 0. The molecule has 0 radical (unpaired) electrons. The van der Waals surface area contributed by atoms with Crippen LogP contribution in [-0.2, 0) is 10.3 Å². The summed E-state index contributed by atoms with van der Waals surface area (Å²) in [5, 5.41) is 4.35. The van der Waals surface area contributed by atoms with Crippen molar-refractivity contribution >= 4 is 11.8 Å². The number of carbonyl (C=O) groups is 2. The van der Waals surface area contributed by atoms with E-state index in [9.17, 15) is 9.59 Å². The van der Waals surface area contributed by atoms with Gasteiger partial charge in [-0.15, -0.1) is 0 Å². The third kappa shape index (κ3) is 2.67. The Hall–Kier alpha value is -2.77. The first-order valence-corrected chi connectivity index (χ1v) is 8.55. The van der Waals surface area contributed by atoms with Crippen LogP contribution in [0.15, 0.2) is 37.1 Å². The van der Waals surface area contributed by atoms with Crippen molar-refractivity contribution in [1.29, 1.82) is 0 Å². The van der Waals surface area contributed by atoms with E-state index in [1.165, 1.54) is 6.33 Å². The van der Waals surface area contributed by atoms with Crippen LogP contribution in [0.5, 0.6) is 0 Å². The predicted molar refractivity (Wildman–Crippen MR) is 88.6 cm³/mol. The molecule has 25 heavy (non-hydrogen) atoms. The number of amides is 2. The summed E-state index contributed by atoms with van der Waals surface area (Å²) in [6.45, 7) is 2.63. The standard InChI is InChI=1S/C17H20N6O2/c24-15(14-3-7-18-13-19-14)21-11-4-17(5-12-21,23-10-1-6-20-23)16(25)22-8-2-9-22/h1,3,6-7,10,13H,2,4-5,8-9,11-12H2. The molecule has 0 spiro atoms. The summed E-state index contributed by atoms with van der Waals surface area (Å²) in [5.41, 5.74) is -0.303. The van der Waals surface area contributed by atoms with Crippen molar-refractivity contribution in [1.82, 2.24) is 29.5 Å². The van der Waals surface area contributed by atoms with Crippen molar-refractivity contribution in [2.45, 2.75) is 24.8 Å². The molecule has 8 heteroatoms. The molecule has 2 amide bonds. The topological polar surface area (TPSA) is 84.2 Å². The second-order valence-corrected chi connectivity index (χ2v) is 6.51. The van der Waals surface area contributed by atoms with Gasteiger partial charge in [0, 0.05) is 44.8 Å². The minimum Gasteiger partial charge on any atom is -0.340 e. The predicted octanol–water partition coefficient (Wildman–Crippen LogP) is 0.537. The van der Waals surface area contributed by atoms with Gasteiger partial charge >= 0.3 is 0 Å². The Morgan fingerprint density at radius 1 is 1.04 bits per heavy atom. The molecule has 2 aromatic heterocycles. The molecular formula is C17H20N6O2. The molecule has 0 aliphatic carbocycles. The highest BCUT2D eigenvalue weighted by Gasteiger charge is 2.47. The van der Waals surface area contributed by atoms with Gasteiger partial charge in [0.25, 0.3) is 11.8 Å². The van der Waals surface area contributed by atoms with Gasteiger partial charge in [0.05, 0.1) is 0 Å². The Kier molecular flexibility index (Phi) is 3.95. The van der Waals surface area contributed by atoms with Gasteiger partial charge < -0.3 is 9.80 Å². The van der Waals surface area contributed by atoms with E-state index in [1.54, 1.807) is 28.0 Å². The van der Waals surface area contributed by atoms with Gasteiger partial charge in [0.15, 0.2) is 0 Å². The number of piperidine rings is 1. The molecule has 4 heterocycles. The average Bonchev–Trinajstić information content (AvgIpc) is 3.15. The average molecular weight is 340 g/mol. The molecule has 130 valence electrons. The fourth-order valence-electron chi connectivity index (χ4n) is 3.54. The van der Waals surface area contributed by atoms with Gasteiger partial charge in [0.2, 0.25) is 0 Å². The van der Waals surface area contributed by atoms with Crippen LogP contribution in [0.1, 0.15) is 29.8 Å². The number of hydrogen-bond acceptors (Lipinski definition) is 5. The lowest BCUT2D eigenvalue weighted by Crippen LogP contribution is -2.59. The summed E-state index contributed by atoms with van der Waals surface area (Å²) in [5.74, 6) is 0.00412. The molecule has 0 unspecified atom stereocenters. The van der Waals surface area contributed by atoms with Crippen molar-refractivity contribution in [2.24, 2.45) is 0 Å². The monoisotopic (exact) mass is 340 g/mol. The van der Waals surface area contributed by atoms with E-state index in [-0.39, 0.29) is 11.8 Å². The van der Waals surface area contributed by atoms with Crippen molar-refractivity contribution in [3.63, 3.8) is 0 Å². The molecule has 0 atom stereocenters. The molecule has 2 aliphatic rings. The van der Waals surface area contributed by atoms with Crippen LogP contribution in [0, 0.1) is 0 Å². The third-order valence-electron chi connectivity index (χ3n) is 5.16. The number of aromatic nitrogens is 4. The van der Waals surface area contributed by atoms with Crippen molar-refractivity contribution in [3.8, 4) is 0 Å². The maximum absolute atomic E-state index is 13.1. The van der Waals surface area contributed by atoms with Gasteiger partial charge in [-0.1, -0.05) is 0 Å². The maximum Gasteiger partial charge on any atom is 0.272 e. The smallest absolute Gasteiger partial charge is 0.272 e. The van der Waals surface area contributed by atoms with Crippen molar-refractivity contribution in [3.05, 3.63) is 42.7 Å². The molecule has 2 saturated heterocycles. The first-order valence-electron chi connectivity index (χ1n) is 8.55. The number of rotatable bonds is 3. The highest BCUT2D eigenvalue weighted by atomic mass is 16.2. The number of nitrogens with zero attached hydrogens (tertiary/aromatic N) is 6. The van der Waals surface area contributed by atoms with Crippen LogP contribution in [0.4, 0.5) is 0 Å². The Balaban J connectivity index is 1.54. The third-order valence-corrected chi connectivity index (χ3v) is 5.16. The molecule has 4 rings (SSSR count). The molecule has 0 saturated carbocycles. The zero-order chi connectivity index (χ0) is 17.3. The van der Waals surface area contributed by atoms with Crippen LogP contribution in [-0.4, -0.2) is 67.5 Å². The second kappa shape index (κ2) is 6.27. The molecule has 0 N–H and O–H groups in total. The van der Waals surface area contributed by atoms with Gasteiger partial charge in [-0.25, -0.2) is 9.97 Å². The first-order chi connectivity index (χ1) is 12.2. The molecule has 8 nitrogen and oxygen atoms in total. The van der Waals surface area contributed by atoms with Crippen LogP contribution in [0.25, 0.3) is 0 Å². The lowest BCUT2D eigenvalue weighted by molar-refractivity contribution is -0.147. The largest absolute Gasteiger partial charge is 0.340 e. The maximum atomic E-state index is 13.1. The minimum absolute atomic E-state index is 0.118. The van der Waals surface area contributed by atoms with Gasteiger partial charge in [-0.05, 0) is 31.4 Å². The van der Waals surface area contributed by atoms with Crippen molar-refractivity contribution in [2.75, 3.05) is 26.2 Å². The van der Waals surface area contributed by atoms with E-state index in [4.69, 9.17) is 0 Å². The number of carbonyl (C=O) groups excluding carboxylic acids is 2. The minimum atomic E-state index is -0.688. The molecule has 2 aromatic rings. The van der Waals surface area contributed by atoms with Crippen LogP contribution < -0.4 is 0 Å². The zero-order valence-corrected chi connectivity index (χ0v) is 13.9. The molecule has 0 aromatic carbocycles. The summed E-state index contributed by atoms with van der Waals surface area (Å²) in [6.07, 6.45) is 8.65. The lowest BCUT2D eigenvalue weighted by Gasteiger charge is -2.45. The first kappa shape index (κ1) is 15.7. The summed E-state index contributed by atoms with van der Waals surface area (Å²) >= 11 is 0. The highest BCUT2D eigenvalue weighted by Crippen LogP contribution is 2.33. The fourth-order valence-corrected chi connectivity index (χ4v) is 3.54. The zero-order valence-electron chi connectivity index (χ0n) is 13.9. The van der Waals surface area contributed by atoms with Gasteiger partial charge in [0.1, 0.15) is 17.6 Å². The van der Waals surface area contributed by atoms with Crippen LogP contribution in [0.3, 0.4) is 0 Å². The molecule has 2 aliphatic heterocycles. The summed E-state index contributed by atoms with van der Waals surface area (Å²) in [7, 11) is 0.